The first-order chi connectivity index (χ1) is 9.65. The van der Waals surface area contributed by atoms with Gasteiger partial charge in [-0.15, -0.1) is 0 Å². The van der Waals surface area contributed by atoms with Crippen LogP contribution in [0.25, 0.3) is 0 Å². The van der Waals surface area contributed by atoms with Crippen LogP contribution in [0.3, 0.4) is 0 Å². The van der Waals surface area contributed by atoms with E-state index in [0.717, 1.165) is 33.0 Å². The van der Waals surface area contributed by atoms with Gasteiger partial charge < -0.3 is 14.4 Å². The van der Waals surface area contributed by atoms with Crippen LogP contribution >= 0.6 is 15.9 Å². The molecule has 1 aromatic heterocycles. The molecule has 4 nitrogen and oxygen atoms in total. The van der Waals surface area contributed by atoms with Gasteiger partial charge in [0.15, 0.2) is 11.5 Å². The zero-order chi connectivity index (χ0) is 14.1. The van der Waals surface area contributed by atoms with E-state index >= 15 is 0 Å². The fraction of sp³-hybridized carbons (Fsp3) is 0.267. The van der Waals surface area contributed by atoms with E-state index in [2.05, 4.69) is 27.8 Å². The molecule has 2 aromatic rings. The van der Waals surface area contributed by atoms with Crippen molar-refractivity contribution < 1.29 is 9.47 Å². The highest BCUT2D eigenvalue weighted by Gasteiger charge is 2.17. The number of hydrogen-bond acceptors (Lipinski definition) is 4. The molecule has 0 amide bonds. The second-order valence-corrected chi connectivity index (χ2v) is 5.59. The lowest BCUT2D eigenvalue weighted by Crippen LogP contribution is -2.17. The minimum Gasteiger partial charge on any atom is -0.486 e. The normalized spacial score (nSPS) is 13.2. The molecular weight excluding hydrogens is 320 g/mol. The van der Waals surface area contributed by atoms with Crippen LogP contribution in [-0.4, -0.2) is 25.2 Å². The van der Waals surface area contributed by atoms with Crippen molar-refractivity contribution in [3.05, 3.63) is 40.5 Å². The summed E-state index contributed by atoms with van der Waals surface area (Å²) >= 11 is 3.40. The topological polar surface area (TPSA) is 34.6 Å². The molecule has 0 fully saturated rings. The van der Waals surface area contributed by atoms with Crippen molar-refractivity contribution in [1.29, 1.82) is 0 Å². The molecule has 0 atom stereocenters. The Morgan fingerprint density at radius 1 is 1.15 bits per heavy atom. The summed E-state index contributed by atoms with van der Waals surface area (Å²) in [6, 6.07) is 7.97. The van der Waals surface area contributed by atoms with Gasteiger partial charge in [-0.05, 0) is 46.6 Å². The van der Waals surface area contributed by atoms with Crippen LogP contribution in [0.5, 0.6) is 11.5 Å². The molecule has 0 radical (unpaired) electrons. The molecule has 1 aliphatic heterocycles. The highest BCUT2D eigenvalue weighted by molar-refractivity contribution is 9.10. The Morgan fingerprint density at radius 2 is 1.85 bits per heavy atom. The summed E-state index contributed by atoms with van der Waals surface area (Å²) in [5.41, 5.74) is 2.19. The van der Waals surface area contributed by atoms with Gasteiger partial charge in [-0.3, -0.25) is 0 Å². The molecule has 0 bridgehead atoms. The zero-order valence-electron chi connectivity index (χ0n) is 11.4. The Balaban J connectivity index is 1.98. The Morgan fingerprint density at radius 3 is 2.50 bits per heavy atom. The Labute approximate surface area is 126 Å². The maximum Gasteiger partial charge on any atom is 0.163 e. The molecule has 3 rings (SSSR count). The fourth-order valence-corrected chi connectivity index (χ4v) is 2.47. The first kappa shape index (κ1) is 13.2. The van der Waals surface area contributed by atoms with Gasteiger partial charge >= 0.3 is 0 Å². The number of aryl methyl sites for hydroxylation is 1. The summed E-state index contributed by atoms with van der Waals surface area (Å²) in [6.07, 6.45) is 1.79. The number of fused-ring (bicyclic) bond motifs is 1. The number of anilines is 2. The molecular formula is C15H15BrN2O2. The molecule has 0 spiro atoms. The van der Waals surface area contributed by atoms with E-state index in [9.17, 15) is 0 Å². The quantitative estimate of drug-likeness (QED) is 0.838. The Bertz CT molecular complexity index is 629. The molecule has 2 heterocycles. The summed E-state index contributed by atoms with van der Waals surface area (Å²) in [5, 5.41) is 0. The standard InChI is InChI=1S/C15H15BrN2O2/c1-10-7-13-14(20-6-5-19-13)8-12(10)18(2)15-4-3-11(16)9-17-15/h3-4,7-9H,5-6H2,1-2H3. The SMILES string of the molecule is Cc1cc2c(cc1N(C)c1ccc(Br)cn1)OCCO2. The van der Waals surface area contributed by atoms with Gasteiger partial charge in [0.05, 0.1) is 0 Å². The average Bonchev–Trinajstić information content (AvgIpc) is 2.46. The highest BCUT2D eigenvalue weighted by Crippen LogP contribution is 2.38. The van der Waals surface area contributed by atoms with E-state index in [1.165, 1.54) is 0 Å². The van der Waals surface area contributed by atoms with Crippen molar-refractivity contribution in [3.63, 3.8) is 0 Å². The van der Waals surface area contributed by atoms with E-state index in [1.807, 2.05) is 36.2 Å². The third kappa shape index (κ3) is 2.45. The number of rotatable bonds is 2. The molecule has 104 valence electrons. The summed E-state index contributed by atoms with van der Waals surface area (Å²) in [5.74, 6) is 2.49. The van der Waals surface area contributed by atoms with Crippen molar-refractivity contribution in [2.24, 2.45) is 0 Å². The summed E-state index contributed by atoms with van der Waals surface area (Å²) in [7, 11) is 1.99. The number of aromatic nitrogens is 1. The van der Waals surface area contributed by atoms with Gasteiger partial charge in [-0.1, -0.05) is 0 Å². The molecule has 0 N–H and O–H groups in total. The van der Waals surface area contributed by atoms with Gasteiger partial charge in [0.1, 0.15) is 19.0 Å². The number of pyridine rings is 1. The van der Waals surface area contributed by atoms with Crippen LogP contribution in [0.4, 0.5) is 11.5 Å². The van der Waals surface area contributed by atoms with Gasteiger partial charge in [0.2, 0.25) is 0 Å². The Kier molecular flexibility index (Phi) is 3.53. The Hall–Kier alpha value is -1.75. The van der Waals surface area contributed by atoms with E-state index in [1.54, 1.807) is 6.20 Å². The van der Waals surface area contributed by atoms with Gasteiger partial charge in [0, 0.05) is 29.5 Å². The molecule has 0 unspecified atom stereocenters. The number of halogens is 1. The molecule has 0 aliphatic carbocycles. The lowest BCUT2D eigenvalue weighted by atomic mass is 10.1. The third-order valence-electron chi connectivity index (χ3n) is 3.28. The minimum atomic E-state index is 0.593. The van der Waals surface area contributed by atoms with Crippen LogP contribution in [-0.2, 0) is 0 Å². The molecule has 0 saturated heterocycles. The van der Waals surface area contributed by atoms with Crippen LogP contribution in [0.1, 0.15) is 5.56 Å². The van der Waals surface area contributed by atoms with Crippen molar-refractivity contribution in [1.82, 2.24) is 4.98 Å². The maximum absolute atomic E-state index is 5.64. The molecule has 20 heavy (non-hydrogen) atoms. The van der Waals surface area contributed by atoms with Crippen LogP contribution in [0, 0.1) is 6.92 Å². The fourth-order valence-electron chi connectivity index (χ4n) is 2.23. The predicted octanol–water partition coefficient (Wildman–Crippen LogP) is 3.69. The average molecular weight is 335 g/mol. The van der Waals surface area contributed by atoms with Gasteiger partial charge in [0.25, 0.3) is 0 Å². The van der Waals surface area contributed by atoms with E-state index in [-0.39, 0.29) is 0 Å². The first-order valence-electron chi connectivity index (χ1n) is 6.40. The summed E-state index contributed by atoms with van der Waals surface area (Å²) in [4.78, 5) is 6.46. The van der Waals surface area contributed by atoms with E-state index in [4.69, 9.17) is 9.47 Å². The monoisotopic (exact) mass is 334 g/mol. The summed E-state index contributed by atoms with van der Waals surface area (Å²) < 4.78 is 12.2. The second kappa shape index (κ2) is 5.32. The first-order valence-corrected chi connectivity index (χ1v) is 7.20. The number of hydrogen-bond donors (Lipinski definition) is 0. The third-order valence-corrected chi connectivity index (χ3v) is 3.75. The van der Waals surface area contributed by atoms with Gasteiger partial charge in [-0.25, -0.2) is 4.98 Å². The van der Waals surface area contributed by atoms with Crippen molar-refractivity contribution >= 4 is 27.4 Å². The van der Waals surface area contributed by atoms with Gasteiger partial charge in [-0.2, -0.15) is 0 Å². The highest BCUT2D eigenvalue weighted by atomic mass is 79.9. The molecule has 5 heteroatoms. The number of ether oxygens (including phenoxy) is 2. The maximum atomic E-state index is 5.64. The van der Waals surface area contributed by atoms with Crippen molar-refractivity contribution in [2.75, 3.05) is 25.2 Å². The molecule has 1 aromatic carbocycles. The lowest BCUT2D eigenvalue weighted by Gasteiger charge is -2.25. The molecule has 0 saturated carbocycles. The number of benzene rings is 1. The zero-order valence-corrected chi connectivity index (χ0v) is 13.0. The van der Waals surface area contributed by atoms with Crippen molar-refractivity contribution in [3.8, 4) is 11.5 Å². The van der Waals surface area contributed by atoms with Crippen LogP contribution in [0.2, 0.25) is 0 Å². The predicted molar refractivity (Wildman–Crippen MR) is 82.2 cm³/mol. The van der Waals surface area contributed by atoms with E-state index < -0.39 is 0 Å². The summed E-state index contributed by atoms with van der Waals surface area (Å²) in [6.45, 7) is 3.26. The largest absolute Gasteiger partial charge is 0.486 e. The smallest absolute Gasteiger partial charge is 0.163 e. The molecule has 1 aliphatic rings. The lowest BCUT2D eigenvalue weighted by molar-refractivity contribution is 0.171. The van der Waals surface area contributed by atoms with E-state index in [0.29, 0.717) is 13.2 Å². The van der Waals surface area contributed by atoms with Crippen LogP contribution in [0.15, 0.2) is 34.9 Å². The second-order valence-electron chi connectivity index (χ2n) is 4.68. The minimum absolute atomic E-state index is 0.593. The van der Waals surface area contributed by atoms with Crippen molar-refractivity contribution in [2.45, 2.75) is 6.92 Å². The number of nitrogens with zero attached hydrogens (tertiary/aromatic N) is 2. The van der Waals surface area contributed by atoms with Crippen LogP contribution < -0.4 is 14.4 Å².